The number of hydrogen-bond donors (Lipinski definition) is 1. The van der Waals surface area contributed by atoms with Gasteiger partial charge in [0.1, 0.15) is 5.82 Å². The molecule has 2 N–H and O–H groups in total. The number of nitrogens with two attached hydrogens (primary N) is 1. The third-order valence-corrected chi connectivity index (χ3v) is 3.80. The largest absolute Gasteiger partial charge is 0.370 e. The van der Waals surface area contributed by atoms with Gasteiger partial charge < -0.3 is 10.6 Å². The number of rotatable bonds is 3. The first kappa shape index (κ1) is 11.8. The predicted octanol–water partition coefficient (Wildman–Crippen LogP) is 2.56. The molecule has 1 saturated carbocycles. The fraction of sp³-hybridized carbons (Fsp3) is 0.462. The van der Waals surface area contributed by atoms with Gasteiger partial charge in [0, 0.05) is 17.1 Å². The van der Waals surface area contributed by atoms with Crippen molar-refractivity contribution in [3.63, 3.8) is 0 Å². The van der Waals surface area contributed by atoms with Crippen molar-refractivity contribution in [2.24, 2.45) is 16.6 Å². The molecule has 1 aromatic rings. The van der Waals surface area contributed by atoms with E-state index in [1.54, 1.807) is 12.1 Å². The maximum atomic E-state index is 13.9. The summed E-state index contributed by atoms with van der Waals surface area (Å²) in [6, 6.07) is 4.53. The highest BCUT2D eigenvalue weighted by Crippen LogP contribution is 2.35. The Morgan fingerprint density at radius 3 is 2.94 bits per heavy atom. The number of hydrogen-bond acceptors (Lipinski definition) is 3. The molecule has 3 nitrogen and oxygen atoms in total. The molecule has 2 aliphatic rings. The van der Waals surface area contributed by atoms with Gasteiger partial charge in [-0.3, -0.25) is 4.99 Å². The van der Waals surface area contributed by atoms with E-state index in [1.807, 2.05) is 4.90 Å². The average molecular weight is 268 g/mol. The molecule has 0 saturated heterocycles. The van der Waals surface area contributed by atoms with Crippen molar-refractivity contribution in [3.05, 3.63) is 34.6 Å². The summed E-state index contributed by atoms with van der Waals surface area (Å²) in [4.78, 5) is 6.24. The minimum Gasteiger partial charge on any atom is -0.370 e. The zero-order chi connectivity index (χ0) is 12.7. The maximum absolute atomic E-state index is 13.9. The molecule has 3 rings (SSSR count). The van der Waals surface area contributed by atoms with Crippen LogP contribution in [0, 0.1) is 11.7 Å². The van der Waals surface area contributed by atoms with Crippen molar-refractivity contribution in [2.75, 3.05) is 13.1 Å². The van der Waals surface area contributed by atoms with Gasteiger partial charge in [0.25, 0.3) is 0 Å². The van der Waals surface area contributed by atoms with E-state index in [-0.39, 0.29) is 11.9 Å². The Labute approximate surface area is 110 Å². The van der Waals surface area contributed by atoms with E-state index in [9.17, 15) is 4.39 Å². The van der Waals surface area contributed by atoms with Crippen LogP contribution >= 0.6 is 11.6 Å². The summed E-state index contributed by atoms with van der Waals surface area (Å²) in [6.45, 7) is 1.38. The second-order valence-corrected chi connectivity index (χ2v) is 5.41. The lowest BCUT2D eigenvalue weighted by Gasteiger charge is -2.26. The van der Waals surface area contributed by atoms with Crippen molar-refractivity contribution in [3.8, 4) is 0 Å². The van der Waals surface area contributed by atoms with E-state index in [1.165, 1.54) is 18.9 Å². The molecule has 0 bridgehead atoms. The minimum absolute atomic E-state index is 0.107. The maximum Gasteiger partial charge on any atom is 0.191 e. The zero-order valence-corrected chi connectivity index (χ0v) is 10.7. The summed E-state index contributed by atoms with van der Waals surface area (Å²) >= 11 is 5.94. The van der Waals surface area contributed by atoms with E-state index in [0.29, 0.717) is 29.0 Å². The van der Waals surface area contributed by atoms with Crippen molar-refractivity contribution >= 4 is 17.6 Å². The zero-order valence-electron chi connectivity index (χ0n) is 9.94. The van der Waals surface area contributed by atoms with Gasteiger partial charge in [-0.05, 0) is 37.0 Å². The van der Waals surface area contributed by atoms with Crippen molar-refractivity contribution < 1.29 is 4.39 Å². The summed E-state index contributed by atoms with van der Waals surface area (Å²) in [5, 5.41) is 0.545. The Kier molecular flexibility index (Phi) is 2.90. The summed E-state index contributed by atoms with van der Waals surface area (Å²) in [5.41, 5.74) is 6.48. The lowest BCUT2D eigenvalue weighted by atomic mass is 10.1. The van der Waals surface area contributed by atoms with Gasteiger partial charge in [-0.2, -0.15) is 0 Å². The van der Waals surface area contributed by atoms with Crippen LogP contribution in [0.2, 0.25) is 5.02 Å². The van der Waals surface area contributed by atoms with Crippen molar-refractivity contribution in [2.45, 2.75) is 18.9 Å². The molecule has 0 radical (unpaired) electrons. The van der Waals surface area contributed by atoms with Crippen LogP contribution in [0.1, 0.15) is 24.4 Å². The van der Waals surface area contributed by atoms with Gasteiger partial charge >= 0.3 is 0 Å². The number of benzene rings is 1. The van der Waals surface area contributed by atoms with Gasteiger partial charge in [-0.25, -0.2) is 4.39 Å². The molecule has 1 aromatic carbocycles. The SMILES string of the molecule is NC1=NCC(c2cc(Cl)ccc2F)N1CC1CC1. The molecule has 18 heavy (non-hydrogen) atoms. The van der Waals surface area contributed by atoms with E-state index in [4.69, 9.17) is 17.3 Å². The molecule has 0 aromatic heterocycles. The fourth-order valence-electron chi connectivity index (χ4n) is 2.36. The first-order chi connectivity index (χ1) is 8.65. The molecule has 1 atom stereocenters. The van der Waals surface area contributed by atoms with Crippen molar-refractivity contribution in [1.82, 2.24) is 4.90 Å². The highest BCUT2D eigenvalue weighted by molar-refractivity contribution is 6.30. The average Bonchev–Trinajstić information content (AvgIpc) is 3.09. The third-order valence-electron chi connectivity index (χ3n) is 3.57. The quantitative estimate of drug-likeness (QED) is 0.915. The molecule has 5 heteroatoms. The molecule has 0 spiro atoms. The van der Waals surface area contributed by atoms with E-state index >= 15 is 0 Å². The van der Waals surface area contributed by atoms with Gasteiger partial charge in [-0.15, -0.1) is 0 Å². The molecule has 0 amide bonds. The second-order valence-electron chi connectivity index (χ2n) is 4.98. The number of nitrogens with zero attached hydrogens (tertiary/aromatic N) is 2. The van der Waals surface area contributed by atoms with Crippen LogP contribution in [0.5, 0.6) is 0 Å². The number of guanidine groups is 1. The van der Waals surface area contributed by atoms with Gasteiger partial charge in [-0.1, -0.05) is 11.6 Å². The van der Waals surface area contributed by atoms with Crippen LogP contribution in [0.4, 0.5) is 4.39 Å². The van der Waals surface area contributed by atoms with E-state index in [2.05, 4.69) is 4.99 Å². The Morgan fingerprint density at radius 2 is 2.22 bits per heavy atom. The fourth-order valence-corrected chi connectivity index (χ4v) is 2.55. The second kappa shape index (κ2) is 4.43. The molecular formula is C13H15ClFN3. The van der Waals surface area contributed by atoms with Crippen LogP contribution in [0.15, 0.2) is 23.2 Å². The first-order valence-electron chi connectivity index (χ1n) is 6.16. The molecule has 1 fully saturated rings. The van der Waals surface area contributed by atoms with E-state index in [0.717, 1.165) is 6.54 Å². The summed E-state index contributed by atoms with van der Waals surface area (Å²) in [5.74, 6) is 0.961. The number of halogens is 2. The molecule has 96 valence electrons. The predicted molar refractivity (Wildman–Crippen MR) is 70.1 cm³/mol. The molecule has 1 heterocycles. The highest BCUT2D eigenvalue weighted by Gasteiger charge is 2.34. The van der Waals surface area contributed by atoms with Gasteiger partial charge in [0.2, 0.25) is 0 Å². The Morgan fingerprint density at radius 1 is 1.44 bits per heavy atom. The molecular weight excluding hydrogens is 253 g/mol. The Balaban J connectivity index is 1.88. The third kappa shape index (κ3) is 2.17. The Bertz CT molecular complexity index is 499. The minimum atomic E-state index is -0.241. The van der Waals surface area contributed by atoms with Crippen LogP contribution in [0.25, 0.3) is 0 Å². The van der Waals surface area contributed by atoms with Crippen LogP contribution in [-0.2, 0) is 0 Å². The smallest absolute Gasteiger partial charge is 0.191 e. The molecule has 1 aliphatic heterocycles. The summed E-state index contributed by atoms with van der Waals surface area (Å²) < 4.78 is 13.9. The standard InChI is InChI=1S/C13H15ClFN3/c14-9-3-4-11(15)10(5-9)12-6-17-13(16)18(12)7-8-1-2-8/h3-5,8,12H,1-2,6-7H2,(H2,16,17). The molecule has 1 unspecified atom stereocenters. The van der Waals surface area contributed by atoms with E-state index < -0.39 is 0 Å². The van der Waals surface area contributed by atoms with Crippen LogP contribution in [0.3, 0.4) is 0 Å². The van der Waals surface area contributed by atoms with Crippen LogP contribution in [-0.4, -0.2) is 23.9 Å². The van der Waals surface area contributed by atoms with Gasteiger partial charge in [0.15, 0.2) is 5.96 Å². The monoisotopic (exact) mass is 267 g/mol. The normalized spacial score (nSPS) is 23.3. The summed E-state index contributed by atoms with van der Waals surface area (Å²) in [6.07, 6.45) is 2.46. The lowest BCUT2D eigenvalue weighted by Crippen LogP contribution is -2.37. The summed E-state index contributed by atoms with van der Waals surface area (Å²) in [7, 11) is 0. The Hall–Kier alpha value is -1.29. The number of aliphatic imine (C=N–C) groups is 1. The lowest BCUT2D eigenvalue weighted by molar-refractivity contribution is 0.326. The molecule has 1 aliphatic carbocycles. The van der Waals surface area contributed by atoms with Gasteiger partial charge in [0.05, 0.1) is 12.6 Å². The van der Waals surface area contributed by atoms with Crippen LogP contribution < -0.4 is 5.73 Å². The highest BCUT2D eigenvalue weighted by atomic mass is 35.5. The topological polar surface area (TPSA) is 41.6 Å². The van der Waals surface area contributed by atoms with Crippen molar-refractivity contribution in [1.29, 1.82) is 0 Å². The first-order valence-corrected chi connectivity index (χ1v) is 6.54.